The Bertz CT molecular complexity index is 675. The number of benzene rings is 1. The van der Waals surface area contributed by atoms with Crippen molar-refractivity contribution < 1.29 is 31.1 Å². The van der Waals surface area contributed by atoms with Crippen LogP contribution in [-0.4, -0.2) is 0 Å². The Morgan fingerprint density at radius 2 is 1.00 bits per heavy atom. The molecule has 0 atom stereocenters. The summed E-state index contributed by atoms with van der Waals surface area (Å²) in [5.74, 6) is 0. The average Bonchev–Trinajstić information content (AvgIpc) is 3.46. The fraction of sp³-hybridized carbons (Fsp3) is 0.185. The van der Waals surface area contributed by atoms with Crippen molar-refractivity contribution >= 4 is 0 Å². The van der Waals surface area contributed by atoms with Crippen molar-refractivity contribution in [3.8, 4) is 0 Å². The SMILES string of the molecule is Cc1c(C)c(C)[c-](C)c1C.[CH2-]c1ccccc1.[U+4].c1cc[cH-]c1.c1cc[cH-]c1. The molecule has 0 aliphatic rings. The van der Waals surface area contributed by atoms with Gasteiger partial charge in [-0.3, -0.25) is 0 Å². The van der Waals surface area contributed by atoms with Crippen molar-refractivity contribution in [1.82, 2.24) is 0 Å². The predicted octanol–water partition coefficient (Wildman–Crippen LogP) is 7.63. The minimum atomic E-state index is 0. The fourth-order valence-electron chi connectivity index (χ4n) is 2.53. The molecule has 4 aromatic rings. The summed E-state index contributed by atoms with van der Waals surface area (Å²) < 4.78 is 0. The average molecular weight is 595 g/mol. The molecule has 0 aliphatic carbocycles. The third-order valence-electron chi connectivity index (χ3n) is 4.77. The molecule has 0 N–H and O–H groups in total. The summed E-state index contributed by atoms with van der Waals surface area (Å²) >= 11 is 0. The molecule has 0 spiro atoms. The van der Waals surface area contributed by atoms with E-state index in [9.17, 15) is 0 Å². The summed E-state index contributed by atoms with van der Waals surface area (Å²) in [6, 6.07) is 29.9. The van der Waals surface area contributed by atoms with E-state index in [4.69, 9.17) is 0 Å². The first kappa shape index (κ1) is 26.2. The molecule has 0 nitrogen and oxygen atoms in total. The van der Waals surface area contributed by atoms with Gasteiger partial charge in [0.15, 0.2) is 0 Å². The molecule has 0 saturated carbocycles. The molecule has 144 valence electrons. The third-order valence-corrected chi connectivity index (χ3v) is 4.77. The Morgan fingerprint density at radius 1 is 0.643 bits per heavy atom. The number of hydrogen-bond donors (Lipinski definition) is 0. The van der Waals surface area contributed by atoms with E-state index in [0.29, 0.717) is 0 Å². The number of rotatable bonds is 0. The largest absolute Gasteiger partial charge is 4.00 e. The maximum Gasteiger partial charge on any atom is 4.00 e. The van der Waals surface area contributed by atoms with Gasteiger partial charge in [-0.25, -0.2) is 24.3 Å². The van der Waals surface area contributed by atoms with E-state index in [-0.39, 0.29) is 31.1 Å². The van der Waals surface area contributed by atoms with Crippen LogP contribution in [0, 0.1) is 72.7 Å². The summed E-state index contributed by atoms with van der Waals surface area (Å²) in [6.45, 7) is 14.7. The molecule has 4 rings (SSSR count). The maximum atomic E-state index is 3.72. The normalized spacial score (nSPS) is 8.75. The van der Waals surface area contributed by atoms with Crippen LogP contribution >= 0.6 is 0 Å². The van der Waals surface area contributed by atoms with Crippen molar-refractivity contribution in [3.05, 3.63) is 131 Å². The molecule has 0 heterocycles. The first-order chi connectivity index (χ1) is 12.9. The van der Waals surface area contributed by atoms with Crippen LogP contribution in [0.4, 0.5) is 0 Å². The molecule has 4 aromatic carbocycles. The zero-order chi connectivity index (χ0) is 20.1. The molecule has 1 heteroatoms. The van der Waals surface area contributed by atoms with Crippen LogP contribution in [-0.2, 0) is 0 Å². The summed E-state index contributed by atoms with van der Waals surface area (Å²) in [4.78, 5) is 0. The molecule has 0 saturated heterocycles. The van der Waals surface area contributed by atoms with Crippen molar-refractivity contribution in [3.63, 3.8) is 0 Å². The molecule has 0 unspecified atom stereocenters. The first-order valence-electron chi connectivity index (χ1n) is 9.35. The van der Waals surface area contributed by atoms with Crippen molar-refractivity contribution in [2.24, 2.45) is 0 Å². The van der Waals surface area contributed by atoms with Gasteiger partial charge in [-0.15, -0.1) is 12.1 Å². The van der Waals surface area contributed by atoms with E-state index in [2.05, 4.69) is 41.5 Å². The van der Waals surface area contributed by atoms with E-state index in [1.807, 2.05) is 91.0 Å². The van der Waals surface area contributed by atoms with Gasteiger partial charge in [-0.2, -0.15) is 88.8 Å². The Kier molecular flexibility index (Phi) is 14.2. The van der Waals surface area contributed by atoms with Gasteiger partial charge in [0.2, 0.25) is 0 Å². The van der Waals surface area contributed by atoms with Crippen LogP contribution in [0.15, 0.2) is 91.0 Å². The summed E-state index contributed by atoms with van der Waals surface area (Å²) in [7, 11) is 0. The van der Waals surface area contributed by atoms with Crippen LogP contribution in [0.5, 0.6) is 0 Å². The molecular formula is C27H32U. The Hall–Kier alpha value is -1.81. The summed E-state index contributed by atoms with van der Waals surface area (Å²) in [5.41, 5.74) is 8.41. The zero-order valence-corrected chi connectivity index (χ0v) is 22.0. The third kappa shape index (κ3) is 9.93. The maximum absolute atomic E-state index is 3.72. The topological polar surface area (TPSA) is 0 Å². The van der Waals surface area contributed by atoms with Gasteiger partial charge in [0, 0.05) is 0 Å². The van der Waals surface area contributed by atoms with Crippen LogP contribution in [0.25, 0.3) is 0 Å². The van der Waals surface area contributed by atoms with Crippen LogP contribution < -0.4 is 0 Å². The second-order valence-electron chi connectivity index (χ2n) is 6.54. The van der Waals surface area contributed by atoms with E-state index < -0.39 is 0 Å². The summed E-state index contributed by atoms with van der Waals surface area (Å²) in [6.07, 6.45) is 0. The zero-order valence-electron chi connectivity index (χ0n) is 17.9. The van der Waals surface area contributed by atoms with Gasteiger partial charge in [-0.05, 0) is 0 Å². The predicted molar refractivity (Wildman–Crippen MR) is 121 cm³/mol. The molecule has 0 bridgehead atoms. The van der Waals surface area contributed by atoms with Crippen LogP contribution in [0.3, 0.4) is 0 Å². The second-order valence-corrected chi connectivity index (χ2v) is 6.54. The molecule has 28 heavy (non-hydrogen) atoms. The molecule has 0 aromatic heterocycles. The molecule has 0 radical (unpaired) electrons. The summed E-state index contributed by atoms with van der Waals surface area (Å²) in [5, 5.41) is 0. The van der Waals surface area contributed by atoms with Crippen molar-refractivity contribution in [2.45, 2.75) is 34.6 Å². The smallest absolute Gasteiger partial charge is 0.214 e. The van der Waals surface area contributed by atoms with Crippen molar-refractivity contribution in [1.29, 1.82) is 0 Å². The number of hydrogen-bond acceptors (Lipinski definition) is 0. The quantitative estimate of drug-likeness (QED) is 0.184. The molecule has 0 fully saturated rings. The van der Waals surface area contributed by atoms with Gasteiger partial charge in [0.25, 0.3) is 0 Å². The first-order valence-corrected chi connectivity index (χ1v) is 9.35. The van der Waals surface area contributed by atoms with Gasteiger partial charge in [0.1, 0.15) is 0 Å². The van der Waals surface area contributed by atoms with Crippen LogP contribution in [0.2, 0.25) is 0 Å². The Labute approximate surface area is 196 Å². The van der Waals surface area contributed by atoms with Crippen molar-refractivity contribution in [2.75, 3.05) is 0 Å². The standard InChI is InChI=1S/C10H15.C7H7.2C5H5.U/c1-6-7(2)9(4)10(5)8(6)3;1-7-5-3-2-4-6-7;2*1-2-4-5-3-1;/h1-5H3;2-6H,1H2;2*1-5H;/q4*-1;+4. The van der Waals surface area contributed by atoms with E-state index in [1.54, 1.807) is 0 Å². The Morgan fingerprint density at radius 3 is 1.14 bits per heavy atom. The molecular weight excluding hydrogens is 562 g/mol. The monoisotopic (exact) mass is 594 g/mol. The van der Waals surface area contributed by atoms with Crippen LogP contribution in [0.1, 0.15) is 33.4 Å². The van der Waals surface area contributed by atoms with Gasteiger partial charge < -0.3 is 0 Å². The van der Waals surface area contributed by atoms with Gasteiger partial charge in [-0.1, -0.05) is 40.7 Å². The second kappa shape index (κ2) is 15.2. The minimum Gasteiger partial charge on any atom is -0.214 e. The fourth-order valence-corrected chi connectivity index (χ4v) is 2.53. The molecule has 0 aliphatic heterocycles. The van der Waals surface area contributed by atoms with Gasteiger partial charge in [0.05, 0.1) is 0 Å². The van der Waals surface area contributed by atoms with E-state index in [0.717, 1.165) is 5.56 Å². The van der Waals surface area contributed by atoms with E-state index >= 15 is 0 Å². The van der Waals surface area contributed by atoms with Gasteiger partial charge >= 0.3 is 31.1 Å². The Balaban J connectivity index is 0.000000357. The minimum absolute atomic E-state index is 0. The van der Waals surface area contributed by atoms with E-state index in [1.165, 1.54) is 27.8 Å². The molecule has 0 amide bonds.